The molecule has 2 aromatic rings. The second kappa shape index (κ2) is 8.60. The fourth-order valence-corrected chi connectivity index (χ4v) is 2.49. The molecule has 0 aromatic heterocycles. The van der Waals surface area contributed by atoms with E-state index in [0.29, 0.717) is 23.5 Å². The Hall–Kier alpha value is -2.44. The molecule has 0 heterocycles. The molecule has 0 spiro atoms. The number of methoxy groups -OCH3 is 1. The van der Waals surface area contributed by atoms with E-state index in [-0.39, 0.29) is 17.8 Å². The van der Waals surface area contributed by atoms with Gasteiger partial charge in [-0.2, -0.15) is 0 Å². The fourth-order valence-electron chi connectivity index (χ4n) is 2.49. The van der Waals surface area contributed by atoms with Crippen LogP contribution in [-0.4, -0.2) is 24.7 Å². The summed E-state index contributed by atoms with van der Waals surface area (Å²) in [5, 5.41) is 16.2. The predicted octanol–water partition coefficient (Wildman–Crippen LogP) is 3.18. The molecule has 0 saturated heterocycles. The van der Waals surface area contributed by atoms with Crippen molar-refractivity contribution in [3.63, 3.8) is 0 Å². The maximum absolute atomic E-state index is 12.9. The van der Waals surface area contributed by atoms with Gasteiger partial charge >= 0.3 is 0 Å². The van der Waals surface area contributed by atoms with Gasteiger partial charge in [-0.1, -0.05) is 18.2 Å². The number of hydrogen-bond acceptors (Lipinski definition) is 4. The van der Waals surface area contributed by atoms with Crippen LogP contribution in [0.1, 0.15) is 37.1 Å². The van der Waals surface area contributed by atoms with Crippen LogP contribution in [0.4, 0.5) is 10.1 Å². The summed E-state index contributed by atoms with van der Waals surface area (Å²) in [5.74, 6) is 0.0706. The quantitative estimate of drug-likeness (QED) is 0.720. The Morgan fingerprint density at radius 3 is 2.44 bits per heavy atom. The van der Waals surface area contributed by atoms with Gasteiger partial charge in [0.25, 0.3) is 0 Å². The number of hydrogen-bond donors (Lipinski definition) is 3. The van der Waals surface area contributed by atoms with Gasteiger partial charge in [-0.25, -0.2) is 4.39 Å². The zero-order valence-corrected chi connectivity index (χ0v) is 14.5. The van der Waals surface area contributed by atoms with Gasteiger partial charge in [0, 0.05) is 19.5 Å². The summed E-state index contributed by atoms with van der Waals surface area (Å²) in [7, 11) is 1.54. The predicted molar refractivity (Wildman–Crippen MR) is 95.1 cm³/mol. The second-order valence-electron chi connectivity index (χ2n) is 5.84. The van der Waals surface area contributed by atoms with E-state index in [1.165, 1.54) is 19.1 Å². The SMILES string of the molecule is COc1ccc(C(C)NCC(O)c2ccc(F)cc2)cc1NC(C)=O. The van der Waals surface area contributed by atoms with Crippen LogP contribution >= 0.6 is 0 Å². The number of benzene rings is 2. The fraction of sp³-hybridized carbons (Fsp3) is 0.316. The Bertz CT molecular complexity index is 719. The van der Waals surface area contributed by atoms with Gasteiger partial charge < -0.3 is 20.5 Å². The van der Waals surface area contributed by atoms with Gasteiger partial charge in [-0.05, 0) is 42.3 Å². The summed E-state index contributed by atoms with van der Waals surface area (Å²) in [6, 6.07) is 11.2. The second-order valence-corrected chi connectivity index (χ2v) is 5.84. The van der Waals surface area contributed by atoms with Crippen molar-refractivity contribution in [3.8, 4) is 5.75 Å². The topological polar surface area (TPSA) is 70.6 Å². The van der Waals surface area contributed by atoms with Crippen LogP contribution in [0, 0.1) is 5.82 Å². The molecule has 1 amide bonds. The van der Waals surface area contributed by atoms with Gasteiger partial charge in [-0.15, -0.1) is 0 Å². The molecule has 6 heteroatoms. The number of amides is 1. The Labute approximate surface area is 146 Å². The molecular weight excluding hydrogens is 323 g/mol. The van der Waals surface area contributed by atoms with Crippen molar-refractivity contribution < 1.29 is 19.0 Å². The number of rotatable bonds is 7. The average Bonchev–Trinajstić information content (AvgIpc) is 2.59. The molecule has 0 aliphatic carbocycles. The van der Waals surface area contributed by atoms with Crippen molar-refractivity contribution in [2.75, 3.05) is 19.0 Å². The van der Waals surface area contributed by atoms with Gasteiger partial charge in [-0.3, -0.25) is 4.79 Å². The molecule has 2 rings (SSSR count). The summed E-state index contributed by atoms with van der Waals surface area (Å²) in [5.41, 5.74) is 2.19. The third-order valence-corrected chi connectivity index (χ3v) is 3.91. The van der Waals surface area contributed by atoms with E-state index in [0.717, 1.165) is 5.56 Å². The van der Waals surface area contributed by atoms with Crippen molar-refractivity contribution in [2.24, 2.45) is 0 Å². The van der Waals surface area contributed by atoms with Crippen LogP contribution < -0.4 is 15.4 Å². The van der Waals surface area contributed by atoms with E-state index in [1.54, 1.807) is 25.3 Å². The van der Waals surface area contributed by atoms with Crippen LogP contribution in [0.15, 0.2) is 42.5 Å². The summed E-state index contributed by atoms with van der Waals surface area (Å²) >= 11 is 0. The van der Waals surface area contributed by atoms with Crippen molar-refractivity contribution in [3.05, 3.63) is 59.4 Å². The third-order valence-electron chi connectivity index (χ3n) is 3.91. The molecule has 2 unspecified atom stereocenters. The molecule has 3 N–H and O–H groups in total. The lowest BCUT2D eigenvalue weighted by Gasteiger charge is -2.19. The summed E-state index contributed by atoms with van der Waals surface area (Å²) in [6.07, 6.45) is -0.740. The highest BCUT2D eigenvalue weighted by atomic mass is 19.1. The minimum absolute atomic E-state index is 0.0616. The van der Waals surface area contributed by atoms with Gasteiger partial charge in [0.2, 0.25) is 5.91 Å². The standard InChI is InChI=1S/C19H23FN2O3/c1-12(21-11-18(24)14-4-7-16(20)8-5-14)15-6-9-19(25-3)17(10-15)22-13(2)23/h4-10,12,18,21,24H,11H2,1-3H3,(H,22,23). The molecule has 0 bridgehead atoms. The van der Waals surface area contributed by atoms with E-state index in [1.807, 2.05) is 19.1 Å². The number of aliphatic hydroxyl groups is 1. The van der Waals surface area contributed by atoms with Crippen LogP contribution in [0.25, 0.3) is 0 Å². The Morgan fingerprint density at radius 2 is 1.84 bits per heavy atom. The van der Waals surface area contributed by atoms with Crippen LogP contribution in [0.5, 0.6) is 5.75 Å². The summed E-state index contributed by atoms with van der Waals surface area (Å²) < 4.78 is 18.2. The van der Waals surface area contributed by atoms with Crippen LogP contribution in [0.2, 0.25) is 0 Å². The molecule has 0 aliphatic rings. The first kappa shape index (κ1) is 18.9. The number of aliphatic hydroxyl groups excluding tert-OH is 1. The number of ether oxygens (including phenoxy) is 1. The first-order chi connectivity index (χ1) is 11.9. The third kappa shape index (κ3) is 5.27. The molecule has 0 aliphatic heterocycles. The lowest BCUT2D eigenvalue weighted by molar-refractivity contribution is -0.114. The van der Waals surface area contributed by atoms with Crippen molar-refractivity contribution >= 4 is 11.6 Å². The lowest BCUT2D eigenvalue weighted by Crippen LogP contribution is -2.24. The molecule has 2 atom stereocenters. The highest BCUT2D eigenvalue weighted by Crippen LogP contribution is 2.28. The van der Waals surface area contributed by atoms with Crippen LogP contribution in [0.3, 0.4) is 0 Å². The average molecular weight is 346 g/mol. The number of anilines is 1. The van der Waals surface area contributed by atoms with E-state index >= 15 is 0 Å². The first-order valence-electron chi connectivity index (χ1n) is 8.03. The number of nitrogens with one attached hydrogen (secondary N) is 2. The van der Waals surface area contributed by atoms with E-state index in [2.05, 4.69) is 10.6 Å². The minimum atomic E-state index is -0.740. The normalized spacial score (nSPS) is 13.2. The van der Waals surface area contributed by atoms with E-state index in [9.17, 15) is 14.3 Å². The van der Waals surface area contributed by atoms with E-state index < -0.39 is 6.10 Å². The largest absolute Gasteiger partial charge is 0.495 e. The Balaban J connectivity index is 2.03. The monoisotopic (exact) mass is 346 g/mol. The molecular formula is C19H23FN2O3. The minimum Gasteiger partial charge on any atom is -0.495 e. The van der Waals surface area contributed by atoms with Gasteiger partial charge in [0.1, 0.15) is 11.6 Å². The van der Waals surface area contributed by atoms with Crippen molar-refractivity contribution in [2.45, 2.75) is 26.0 Å². The maximum Gasteiger partial charge on any atom is 0.221 e. The molecule has 0 saturated carbocycles. The molecule has 0 radical (unpaired) electrons. The van der Waals surface area contributed by atoms with Crippen molar-refractivity contribution in [1.29, 1.82) is 0 Å². The molecule has 25 heavy (non-hydrogen) atoms. The number of halogens is 1. The number of carbonyl (C=O) groups is 1. The Morgan fingerprint density at radius 1 is 1.20 bits per heavy atom. The van der Waals surface area contributed by atoms with Gasteiger partial charge in [0.05, 0.1) is 18.9 Å². The van der Waals surface area contributed by atoms with E-state index in [4.69, 9.17) is 4.74 Å². The zero-order chi connectivity index (χ0) is 18.4. The van der Waals surface area contributed by atoms with Crippen molar-refractivity contribution in [1.82, 2.24) is 5.32 Å². The first-order valence-corrected chi connectivity index (χ1v) is 8.03. The summed E-state index contributed by atoms with van der Waals surface area (Å²) in [4.78, 5) is 11.3. The Kier molecular flexibility index (Phi) is 6.50. The van der Waals surface area contributed by atoms with Gasteiger partial charge in [0.15, 0.2) is 0 Å². The highest BCUT2D eigenvalue weighted by molar-refractivity contribution is 5.90. The smallest absolute Gasteiger partial charge is 0.221 e. The molecule has 0 fully saturated rings. The number of carbonyl (C=O) groups excluding carboxylic acids is 1. The summed E-state index contributed by atoms with van der Waals surface area (Å²) in [6.45, 7) is 3.71. The highest BCUT2D eigenvalue weighted by Gasteiger charge is 2.13. The maximum atomic E-state index is 12.9. The lowest BCUT2D eigenvalue weighted by atomic mass is 10.1. The molecule has 2 aromatic carbocycles. The van der Waals surface area contributed by atoms with Crippen LogP contribution in [-0.2, 0) is 4.79 Å². The molecule has 5 nitrogen and oxygen atoms in total. The zero-order valence-electron chi connectivity index (χ0n) is 14.5. The molecule has 134 valence electrons.